The third kappa shape index (κ3) is 4.90. The van der Waals surface area contributed by atoms with Gasteiger partial charge in [0.15, 0.2) is 0 Å². The molecule has 0 aromatic heterocycles. The topological polar surface area (TPSA) is 35.2 Å². The van der Waals surface area contributed by atoms with E-state index in [0.29, 0.717) is 6.04 Å². The van der Waals surface area contributed by atoms with E-state index in [1.807, 2.05) is 23.9 Å². The summed E-state index contributed by atoms with van der Waals surface area (Å²) in [7, 11) is 1.69. The first-order valence-corrected chi connectivity index (χ1v) is 6.88. The minimum atomic E-state index is 0.312. The third-order valence-corrected chi connectivity index (χ3v) is 3.57. The fraction of sp³-hybridized carbons (Fsp3) is 0.538. The Kier molecular flexibility index (Phi) is 6.34. The first-order chi connectivity index (χ1) is 7.76. The van der Waals surface area contributed by atoms with Gasteiger partial charge in [0, 0.05) is 11.8 Å². The highest BCUT2D eigenvalue weighted by atomic mass is 32.2. The normalized spacial score (nSPS) is 12.4. The maximum Gasteiger partial charge on any atom is 0.118 e. The van der Waals surface area contributed by atoms with Crippen molar-refractivity contribution in [2.24, 2.45) is 5.73 Å². The van der Waals surface area contributed by atoms with Crippen molar-refractivity contribution in [3.05, 3.63) is 29.8 Å². The summed E-state index contributed by atoms with van der Waals surface area (Å²) in [6.45, 7) is 2.17. The Morgan fingerprint density at radius 3 is 2.56 bits per heavy atom. The van der Waals surface area contributed by atoms with Crippen LogP contribution in [0.3, 0.4) is 0 Å². The van der Waals surface area contributed by atoms with Gasteiger partial charge >= 0.3 is 0 Å². The predicted octanol–water partition coefficient (Wildman–Crippen LogP) is 2.71. The Bertz CT molecular complexity index is 286. The van der Waals surface area contributed by atoms with Crippen LogP contribution in [0.4, 0.5) is 0 Å². The summed E-state index contributed by atoms with van der Waals surface area (Å²) >= 11 is 1.91. The molecule has 3 heteroatoms. The van der Waals surface area contributed by atoms with Gasteiger partial charge in [0.25, 0.3) is 0 Å². The lowest BCUT2D eigenvalue weighted by atomic mass is 10.1. The fourth-order valence-corrected chi connectivity index (χ4v) is 2.20. The maximum absolute atomic E-state index is 6.02. The Balaban J connectivity index is 2.30. The van der Waals surface area contributed by atoms with E-state index in [-0.39, 0.29) is 0 Å². The largest absolute Gasteiger partial charge is 0.497 e. The number of thioether (sulfide) groups is 1. The summed E-state index contributed by atoms with van der Waals surface area (Å²) in [6, 6.07) is 8.53. The van der Waals surface area contributed by atoms with Gasteiger partial charge in [-0.05, 0) is 36.3 Å². The zero-order valence-electron chi connectivity index (χ0n) is 10.1. The van der Waals surface area contributed by atoms with Gasteiger partial charge < -0.3 is 10.5 Å². The summed E-state index contributed by atoms with van der Waals surface area (Å²) in [5.41, 5.74) is 7.35. The molecule has 0 aliphatic carbocycles. The van der Waals surface area contributed by atoms with Crippen LogP contribution in [0.25, 0.3) is 0 Å². The Labute approximate surface area is 103 Å². The zero-order chi connectivity index (χ0) is 11.8. The lowest BCUT2D eigenvalue weighted by molar-refractivity contribution is 0.414. The second-order valence-corrected chi connectivity index (χ2v) is 5.13. The highest BCUT2D eigenvalue weighted by Crippen LogP contribution is 2.13. The van der Waals surface area contributed by atoms with Crippen LogP contribution in [0.5, 0.6) is 5.75 Å². The zero-order valence-corrected chi connectivity index (χ0v) is 10.9. The monoisotopic (exact) mass is 239 g/mol. The molecule has 1 atom stereocenters. The first kappa shape index (κ1) is 13.4. The van der Waals surface area contributed by atoms with E-state index < -0.39 is 0 Å². The van der Waals surface area contributed by atoms with E-state index in [1.54, 1.807) is 7.11 Å². The molecule has 1 aromatic rings. The van der Waals surface area contributed by atoms with E-state index >= 15 is 0 Å². The van der Waals surface area contributed by atoms with Crippen molar-refractivity contribution in [1.82, 2.24) is 0 Å². The van der Waals surface area contributed by atoms with Crippen LogP contribution >= 0.6 is 11.8 Å². The molecular weight excluding hydrogens is 218 g/mol. The lowest BCUT2D eigenvalue weighted by Gasteiger charge is -2.10. The Morgan fingerprint density at radius 2 is 2.00 bits per heavy atom. The van der Waals surface area contributed by atoms with E-state index in [9.17, 15) is 0 Å². The fourth-order valence-electron chi connectivity index (χ4n) is 1.50. The van der Waals surface area contributed by atoms with Crippen molar-refractivity contribution in [1.29, 1.82) is 0 Å². The molecule has 2 N–H and O–H groups in total. The molecule has 0 saturated heterocycles. The van der Waals surface area contributed by atoms with Gasteiger partial charge in [-0.3, -0.25) is 0 Å². The molecule has 0 bridgehead atoms. The number of hydrogen-bond acceptors (Lipinski definition) is 3. The Morgan fingerprint density at radius 1 is 1.31 bits per heavy atom. The molecule has 0 amide bonds. The minimum Gasteiger partial charge on any atom is -0.497 e. The van der Waals surface area contributed by atoms with Crippen LogP contribution in [0.15, 0.2) is 24.3 Å². The molecule has 0 fully saturated rings. The van der Waals surface area contributed by atoms with Gasteiger partial charge in [-0.25, -0.2) is 0 Å². The second kappa shape index (κ2) is 7.58. The molecule has 0 heterocycles. The smallest absolute Gasteiger partial charge is 0.118 e. The van der Waals surface area contributed by atoms with E-state index in [0.717, 1.165) is 30.1 Å². The molecule has 1 aromatic carbocycles. The van der Waals surface area contributed by atoms with Gasteiger partial charge in [-0.2, -0.15) is 11.8 Å². The van der Waals surface area contributed by atoms with Crippen LogP contribution in [-0.2, 0) is 6.42 Å². The molecule has 0 spiro atoms. The van der Waals surface area contributed by atoms with E-state index in [1.165, 1.54) is 5.56 Å². The first-order valence-electron chi connectivity index (χ1n) is 5.72. The summed E-state index contributed by atoms with van der Waals surface area (Å²) in [4.78, 5) is 0. The molecule has 2 nitrogen and oxygen atoms in total. The second-order valence-electron chi connectivity index (χ2n) is 3.81. The summed E-state index contributed by atoms with van der Waals surface area (Å²) < 4.78 is 5.12. The Hall–Kier alpha value is -0.670. The summed E-state index contributed by atoms with van der Waals surface area (Å²) in [6.07, 6.45) is 2.11. The van der Waals surface area contributed by atoms with Crippen LogP contribution in [-0.4, -0.2) is 24.7 Å². The molecule has 1 rings (SSSR count). The predicted molar refractivity (Wildman–Crippen MR) is 72.3 cm³/mol. The van der Waals surface area contributed by atoms with Crippen molar-refractivity contribution in [2.45, 2.75) is 25.8 Å². The van der Waals surface area contributed by atoms with Gasteiger partial charge in [0.1, 0.15) is 5.75 Å². The number of ether oxygens (including phenoxy) is 1. The number of methoxy groups -OCH3 is 1. The standard InChI is InChI=1S/C13H21NOS/c1-3-16-10-12(14)7-4-11-5-8-13(15-2)9-6-11/h5-6,8-9,12H,3-4,7,10,14H2,1-2H3. The quantitative estimate of drug-likeness (QED) is 0.794. The summed E-state index contributed by atoms with van der Waals surface area (Å²) in [5, 5.41) is 0. The van der Waals surface area contributed by atoms with E-state index in [4.69, 9.17) is 10.5 Å². The average Bonchev–Trinajstić information content (AvgIpc) is 2.34. The number of rotatable bonds is 7. The van der Waals surface area contributed by atoms with Crippen molar-refractivity contribution >= 4 is 11.8 Å². The highest BCUT2D eigenvalue weighted by Gasteiger charge is 2.02. The number of nitrogens with two attached hydrogens (primary N) is 1. The average molecular weight is 239 g/mol. The maximum atomic E-state index is 6.02. The molecular formula is C13H21NOS. The van der Waals surface area contributed by atoms with Gasteiger partial charge in [-0.15, -0.1) is 0 Å². The molecule has 0 radical (unpaired) electrons. The molecule has 0 aliphatic heterocycles. The molecule has 0 saturated carbocycles. The SMILES string of the molecule is CCSCC(N)CCc1ccc(OC)cc1. The van der Waals surface area contributed by atoms with E-state index in [2.05, 4.69) is 19.1 Å². The van der Waals surface area contributed by atoms with Crippen LogP contribution < -0.4 is 10.5 Å². The molecule has 16 heavy (non-hydrogen) atoms. The highest BCUT2D eigenvalue weighted by molar-refractivity contribution is 7.99. The van der Waals surface area contributed by atoms with Crippen molar-refractivity contribution in [3.63, 3.8) is 0 Å². The third-order valence-electron chi connectivity index (χ3n) is 2.50. The number of benzene rings is 1. The van der Waals surface area contributed by atoms with Gasteiger partial charge in [-0.1, -0.05) is 19.1 Å². The van der Waals surface area contributed by atoms with Crippen LogP contribution in [0.2, 0.25) is 0 Å². The summed E-state index contributed by atoms with van der Waals surface area (Å²) in [5.74, 6) is 3.12. The van der Waals surface area contributed by atoms with Crippen molar-refractivity contribution in [2.75, 3.05) is 18.6 Å². The number of hydrogen-bond donors (Lipinski definition) is 1. The van der Waals surface area contributed by atoms with Crippen LogP contribution in [0, 0.1) is 0 Å². The van der Waals surface area contributed by atoms with Crippen molar-refractivity contribution in [3.8, 4) is 5.75 Å². The lowest BCUT2D eigenvalue weighted by Crippen LogP contribution is -2.23. The molecule has 0 aliphatic rings. The van der Waals surface area contributed by atoms with Crippen LogP contribution in [0.1, 0.15) is 18.9 Å². The van der Waals surface area contributed by atoms with Gasteiger partial charge in [0.05, 0.1) is 7.11 Å². The molecule has 90 valence electrons. The minimum absolute atomic E-state index is 0.312. The van der Waals surface area contributed by atoms with Gasteiger partial charge in [0.2, 0.25) is 0 Å². The number of aryl methyl sites for hydroxylation is 1. The van der Waals surface area contributed by atoms with Crippen molar-refractivity contribution < 1.29 is 4.74 Å². The molecule has 1 unspecified atom stereocenters.